The van der Waals surface area contributed by atoms with E-state index in [0.717, 1.165) is 33.4 Å². The van der Waals surface area contributed by atoms with Gasteiger partial charge >= 0.3 is 0 Å². The average molecular weight is 665 g/mol. The highest BCUT2D eigenvalue weighted by molar-refractivity contribution is 6.05. The molecular weight excluding hydrogens is 633 g/mol. The lowest BCUT2D eigenvalue weighted by atomic mass is 9.90. The molecule has 4 nitrogen and oxygen atoms in total. The van der Waals surface area contributed by atoms with E-state index in [1.54, 1.807) is 6.20 Å². The molecule has 52 heavy (non-hydrogen) atoms. The van der Waals surface area contributed by atoms with Crippen molar-refractivity contribution in [2.24, 2.45) is 0 Å². The molecule has 7 aromatic carbocycles. The second-order valence-electron chi connectivity index (χ2n) is 12.7. The van der Waals surface area contributed by atoms with Gasteiger partial charge in [-0.15, -0.1) is 0 Å². The Morgan fingerprint density at radius 1 is 0.269 bits per heavy atom. The molecule has 244 valence electrons. The monoisotopic (exact) mass is 664 g/mol. The highest BCUT2D eigenvalue weighted by atomic mass is 15.0. The van der Waals surface area contributed by atoms with Gasteiger partial charge < -0.3 is 0 Å². The number of hydrogen-bond acceptors (Lipinski definition) is 4. The highest BCUT2D eigenvalue weighted by Crippen LogP contribution is 2.38. The number of nitrogens with zero attached hydrogens (tertiary/aromatic N) is 4. The fourth-order valence-electron chi connectivity index (χ4n) is 6.79. The fraction of sp³-hybridized carbons (Fsp3) is 0. The number of aromatic nitrogens is 4. The van der Waals surface area contributed by atoms with Crippen LogP contribution in [0.15, 0.2) is 194 Å². The average Bonchev–Trinajstić information content (AvgIpc) is 3.24. The molecule has 0 N–H and O–H groups in total. The van der Waals surface area contributed by atoms with Gasteiger partial charge in [0.2, 0.25) is 0 Å². The zero-order valence-electron chi connectivity index (χ0n) is 28.3. The van der Waals surface area contributed by atoms with Crippen molar-refractivity contribution in [3.8, 4) is 78.7 Å². The topological polar surface area (TPSA) is 51.6 Å². The summed E-state index contributed by atoms with van der Waals surface area (Å²) < 4.78 is 0. The Balaban J connectivity index is 1.05. The van der Waals surface area contributed by atoms with Gasteiger partial charge in [-0.2, -0.15) is 0 Å². The summed E-state index contributed by atoms with van der Waals surface area (Å²) in [4.78, 5) is 19.0. The molecule has 9 rings (SSSR count). The van der Waals surface area contributed by atoms with Crippen molar-refractivity contribution in [1.29, 1.82) is 0 Å². The highest BCUT2D eigenvalue weighted by Gasteiger charge is 2.14. The molecule has 0 saturated heterocycles. The minimum absolute atomic E-state index is 0.644. The van der Waals surface area contributed by atoms with E-state index in [1.165, 1.54) is 38.6 Å². The van der Waals surface area contributed by atoms with Crippen LogP contribution in [-0.4, -0.2) is 19.9 Å². The zero-order chi connectivity index (χ0) is 34.7. The molecule has 0 bridgehead atoms. The van der Waals surface area contributed by atoms with Crippen molar-refractivity contribution >= 4 is 10.8 Å². The van der Waals surface area contributed by atoms with E-state index < -0.39 is 0 Å². The Bertz CT molecular complexity index is 2580. The summed E-state index contributed by atoms with van der Waals surface area (Å²) in [5.74, 6) is 1.95. The van der Waals surface area contributed by atoms with Crippen LogP contribution >= 0.6 is 0 Å². The maximum absolute atomic E-state index is 4.92. The van der Waals surface area contributed by atoms with E-state index in [0.29, 0.717) is 17.5 Å². The maximum Gasteiger partial charge on any atom is 0.164 e. The number of benzene rings is 7. The third-order valence-corrected chi connectivity index (χ3v) is 9.46. The lowest BCUT2D eigenvalue weighted by Crippen LogP contribution is -2.00. The second kappa shape index (κ2) is 13.7. The van der Waals surface area contributed by atoms with Crippen LogP contribution in [0.2, 0.25) is 0 Å². The molecular formula is C48H32N4. The van der Waals surface area contributed by atoms with Crippen molar-refractivity contribution in [2.75, 3.05) is 0 Å². The molecule has 0 fully saturated rings. The predicted molar refractivity (Wildman–Crippen MR) is 213 cm³/mol. The first kappa shape index (κ1) is 31.0. The van der Waals surface area contributed by atoms with Crippen LogP contribution in [-0.2, 0) is 0 Å². The SMILES string of the molecule is c1ccc(-c2nc(-c3ccccc3)nc(-c3ccc(-c4ccc(-c5cccc(-c6ccc(-c7cccnc7)cc6)c5)c5ccccc45)cc3)n2)cc1. The van der Waals surface area contributed by atoms with Crippen molar-refractivity contribution in [2.45, 2.75) is 0 Å². The Hall–Kier alpha value is -7.04. The lowest BCUT2D eigenvalue weighted by molar-refractivity contribution is 1.07. The molecule has 9 aromatic rings. The largest absolute Gasteiger partial charge is 0.264 e. The van der Waals surface area contributed by atoms with Gasteiger partial charge in [0.15, 0.2) is 17.5 Å². The molecule has 0 aliphatic heterocycles. The van der Waals surface area contributed by atoms with Crippen LogP contribution in [0.4, 0.5) is 0 Å². The molecule has 0 unspecified atom stereocenters. The number of hydrogen-bond donors (Lipinski definition) is 0. The maximum atomic E-state index is 4.92. The van der Waals surface area contributed by atoms with Gasteiger partial charge in [-0.25, -0.2) is 15.0 Å². The van der Waals surface area contributed by atoms with Gasteiger partial charge in [-0.3, -0.25) is 4.98 Å². The fourth-order valence-corrected chi connectivity index (χ4v) is 6.79. The Kier molecular flexibility index (Phi) is 8.16. The Labute approximate surface area is 302 Å². The quantitative estimate of drug-likeness (QED) is 0.170. The van der Waals surface area contributed by atoms with Crippen LogP contribution in [0, 0.1) is 0 Å². The third kappa shape index (κ3) is 6.14. The standard InChI is InChI=1S/C48H32N4/c1-3-11-36(12-4-1)46-50-47(37-13-5-2-6-14-37)52-48(51-46)38-26-24-35(25-27-38)42-28-29-43(45-19-8-7-18-44(42)45)40-16-9-15-39(31-40)33-20-22-34(23-21-33)41-17-10-30-49-32-41/h1-32H. The van der Waals surface area contributed by atoms with Gasteiger partial charge in [-0.1, -0.05) is 170 Å². The molecule has 0 aliphatic carbocycles. The first-order valence-electron chi connectivity index (χ1n) is 17.4. The van der Waals surface area contributed by atoms with Crippen LogP contribution in [0.25, 0.3) is 89.4 Å². The van der Waals surface area contributed by atoms with Gasteiger partial charge in [0.1, 0.15) is 0 Å². The summed E-state index contributed by atoms with van der Waals surface area (Å²) in [5, 5.41) is 2.42. The van der Waals surface area contributed by atoms with E-state index in [4.69, 9.17) is 15.0 Å². The van der Waals surface area contributed by atoms with Gasteiger partial charge in [0.25, 0.3) is 0 Å². The summed E-state index contributed by atoms with van der Waals surface area (Å²) in [6.45, 7) is 0. The van der Waals surface area contributed by atoms with Gasteiger partial charge in [0, 0.05) is 29.1 Å². The third-order valence-electron chi connectivity index (χ3n) is 9.46. The molecule has 2 aromatic heterocycles. The summed E-state index contributed by atoms with van der Waals surface area (Å²) in [6.07, 6.45) is 3.70. The number of rotatable bonds is 7. The molecule has 0 spiro atoms. The molecule has 0 atom stereocenters. The summed E-state index contributed by atoms with van der Waals surface area (Å²) in [7, 11) is 0. The number of fused-ring (bicyclic) bond motifs is 1. The smallest absolute Gasteiger partial charge is 0.164 e. The van der Waals surface area contributed by atoms with E-state index in [-0.39, 0.29) is 0 Å². The van der Waals surface area contributed by atoms with Gasteiger partial charge in [0.05, 0.1) is 0 Å². The van der Waals surface area contributed by atoms with E-state index in [1.807, 2.05) is 72.9 Å². The predicted octanol–water partition coefficient (Wildman–Crippen LogP) is 12.1. The molecule has 0 aliphatic rings. The normalized spacial score (nSPS) is 11.1. The van der Waals surface area contributed by atoms with Crippen molar-refractivity contribution in [3.63, 3.8) is 0 Å². The summed E-state index contributed by atoms with van der Waals surface area (Å²) in [5.41, 5.74) is 12.2. The van der Waals surface area contributed by atoms with Crippen LogP contribution in [0.3, 0.4) is 0 Å². The Morgan fingerprint density at radius 2 is 0.692 bits per heavy atom. The minimum Gasteiger partial charge on any atom is -0.264 e. The summed E-state index contributed by atoms with van der Waals surface area (Å²) in [6, 6.07) is 63.5. The van der Waals surface area contributed by atoms with Crippen molar-refractivity contribution in [3.05, 3.63) is 194 Å². The first-order chi connectivity index (χ1) is 25.8. The van der Waals surface area contributed by atoms with Crippen molar-refractivity contribution in [1.82, 2.24) is 19.9 Å². The second-order valence-corrected chi connectivity index (χ2v) is 12.7. The number of pyridine rings is 1. The van der Waals surface area contributed by atoms with E-state index in [2.05, 4.69) is 120 Å². The van der Waals surface area contributed by atoms with Crippen molar-refractivity contribution < 1.29 is 0 Å². The zero-order valence-corrected chi connectivity index (χ0v) is 28.3. The van der Waals surface area contributed by atoms with Crippen LogP contribution in [0.1, 0.15) is 0 Å². The Morgan fingerprint density at radius 3 is 1.25 bits per heavy atom. The minimum atomic E-state index is 0.644. The van der Waals surface area contributed by atoms with Crippen LogP contribution in [0.5, 0.6) is 0 Å². The van der Waals surface area contributed by atoms with Gasteiger partial charge in [-0.05, 0) is 67.4 Å². The molecule has 4 heteroatoms. The first-order valence-corrected chi connectivity index (χ1v) is 17.4. The molecule has 0 amide bonds. The molecule has 2 heterocycles. The van der Waals surface area contributed by atoms with Crippen LogP contribution < -0.4 is 0 Å². The lowest BCUT2D eigenvalue weighted by Gasteiger charge is -2.14. The molecule has 0 saturated carbocycles. The molecule has 0 radical (unpaired) electrons. The van der Waals surface area contributed by atoms with E-state index in [9.17, 15) is 0 Å². The van der Waals surface area contributed by atoms with E-state index >= 15 is 0 Å². The summed E-state index contributed by atoms with van der Waals surface area (Å²) >= 11 is 0.